The maximum atomic E-state index is 12.9. The smallest absolute Gasteiger partial charge is 0.329 e. The Labute approximate surface area is 151 Å². The number of hydrogen-bond donors (Lipinski definition) is 0. The molecule has 3 rings (SSSR count). The maximum absolute atomic E-state index is 12.9. The van der Waals surface area contributed by atoms with E-state index in [2.05, 4.69) is 52.0 Å². The third kappa shape index (κ3) is 3.75. The van der Waals surface area contributed by atoms with Gasteiger partial charge in [-0.1, -0.05) is 38.8 Å². The second-order valence-corrected chi connectivity index (χ2v) is 8.26. The number of rotatable bonds is 4. The molecule has 1 aromatic heterocycles. The quantitative estimate of drug-likeness (QED) is 0.686. The highest BCUT2D eigenvalue weighted by Gasteiger charge is 2.34. The van der Waals surface area contributed by atoms with E-state index in [4.69, 9.17) is 4.74 Å². The normalized spacial score (nSPS) is 25.3. The summed E-state index contributed by atoms with van der Waals surface area (Å²) in [4.78, 5) is 12.9. The van der Waals surface area contributed by atoms with E-state index in [-0.39, 0.29) is 18.1 Å². The van der Waals surface area contributed by atoms with Crippen LogP contribution in [0.5, 0.6) is 0 Å². The number of benzene rings is 1. The Bertz CT molecular complexity index is 746. The van der Waals surface area contributed by atoms with Crippen LogP contribution in [0.15, 0.2) is 30.5 Å². The van der Waals surface area contributed by atoms with Crippen LogP contribution in [0.25, 0.3) is 10.9 Å². The standard InChI is InChI=1S/C22H31NO2/c1-14(2)19-8-6-16(4)13-21(19)25-22(24)17(5)23-11-10-18-12-15(3)7-9-20(18)23/h7,9-12,14,16-17,19,21H,6,8,13H2,1-5H3. The van der Waals surface area contributed by atoms with E-state index in [1.54, 1.807) is 0 Å². The van der Waals surface area contributed by atoms with Crippen LogP contribution in [0.4, 0.5) is 0 Å². The molecular formula is C22H31NO2. The van der Waals surface area contributed by atoms with E-state index in [0.717, 1.165) is 18.4 Å². The van der Waals surface area contributed by atoms with E-state index in [0.29, 0.717) is 17.8 Å². The summed E-state index contributed by atoms with van der Waals surface area (Å²) in [5, 5.41) is 1.17. The highest BCUT2D eigenvalue weighted by Crippen LogP contribution is 2.36. The van der Waals surface area contributed by atoms with Gasteiger partial charge in [-0.25, -0.2) is 4.79 Å². The van der Waals surface area contributed by atoms with Gasteiger partial charge in [0.1, 0.15) is 12.1 Å². The fraction of sp³-hybridized carbons (Fsp3) is 0.591. The highest BCUT2D eigenvalue weighted by atomic mass is 16.5. The van der Waals surface area contributed by atoms with Crippen molar-refractivity contribution in [2.45, 2.75) is 66.0 Å². The lowest BCUT2D eigenvalue weighted by molar-refractivity contribution is -0.159. The van der Waals surface area contributed by atoms with Crippen LogP contribution in [0.3, 0.4) is 0 Å². The largest absolute Gasteiger partial charge is 0.461 e. The summed E-state index contributed by atoms with van der Waals surface area (Å²) in [6.45, 7) is 10.8. The minimum absolute atomic E-state index is 0.0581. The van der Waals surface area contributed by atoms with Gasteiger partial charge >= 0.3 is 5.97 Å². The summed E-state index contributed by atoms with van der Waals surface area (Å²) < 4.78 is 8.07. The van der Waals surface area contributed by atoms with Gasteiger partial charge in [-0.15, -0.1) is 0 Å². The lowest BCUT2D eigenvalue weighted by atomic mass is 9.75. The Morgan fingerprint density at radius 3 is 2.68 bits per heavy atom. The van der Waals surface area contributed by atoms with Crippen LogP contribution in [-0.4, -0.2) is 16.6 Å². The molecule has 0 aliphatic heterocycles. The van der Waals surface area contributed by atoms with Crippen molar-refractivity contribution in [3.05, 3.63) is 36.0 Å². The molecule has 0 saturated heterocycles. The number of carbonyl (C=O) groups is 1. The zero-order valence-electron chi connectivity index (χ0n) is 16.2. The predicted octanol–water partition coefficient (Wildman–Crippen LogP) is 5.51. The molecule has 0 bridgehead atoms. The lowest BCUT2D eigenvalue weighted by Gasteiger charge is -2.37. The molecule has 25 heavy (non-hydrogen) atoms. The van der Waals surface area contributed by atoms with Gasteiger partial charge in [0.2, 0.25) is 0 Å². The van der Waals surface area contributed by atoms with Gasteiger partial charge < -0.3 is 9.30 Å². The van der Waals surface area contributed by atoms with E-state index in [9.17, 15) is 4.79 Å². The molecule has 0 radical (unpaired) electrons. The van der Waals surface area contributed by atoms with Gasteiger partial charge in [-0.05, 0) is 68.0 Å². The van der Waals surface area contributed by atoms with Gasteiger partial charge in [0.05, 0.1) is 0 Å². The van der Waals surface area contributed by atoms with E-state index >= 15 is 0 Å². The van der Waals surface area contributed by atoms with Gasteiger partial charge in [0, 0.05) is 11.7 Å². The monoisotopic (exact) mass is 341 g/mol. The Morgan fingerprint density at radius 1 is 1.20 bits per heavy atom. The van der Waals surface area contributed by atoms with E-state index in [1.807, 2.05) is 17.7 Å². The van der Waals surface area contributed by atoms with Crippen LogP contribution >= 0.6 is 0 Å². The summed E-state index contributed by atoms with van der Waals surface area (Å²) in [5.74, 6) is 1.56. The number of fused-ring (bicyclic) bond motifs is 1. The number of aryl methyl sites for hydroxylation is 1. The number of esters is 1. The SMILES string of the molecule is Cc1ccc2c(ccn2C(C)C(=O)OC2CC(C)CCC2C(C)C)c1. The fourth-order valence-corrected chi connectivity index (χ4v) is 4.23. The molecule has 0 amide bonds. The number of carbonyl (C=O) groups excluding carboxylic acids is 1. The van der Waals surface area contributed by atoms with Crippen molar-refractivity contribution in [3.63, 3.8) is 0 Å². The lowest BCUT2D eigenvalue weighted by Crippen LogP contribution is -2.37. The van der Waals surface area contributed by atoms with E-state index < -0.39 is 0 Å². The summed E-state index contributed by atoms with van der Waals surface area (Å²) in [6.07, 6.45) is 5.46. The van der Waals surface area contributed by atoms with Crippen LogP contribution in [0, 0.1) is 24.7 Å². The van der Waals surface area contributed by atoms with Crippen molar-refractivity contribution < 1.29 is 9.53 Å². The van der Waals surface area contributed by atoms with Gasteiger partial charge in [-0.3, -0.25) is 0 Å². The molecule has 3 nitrogen and oxygen atoms in total. The molecule has 136 valence electrons. The minimum Gasteiger partial charge on any atom is -0.461 e. The van der Waals surface area contributed by atoms with E-state index in [1.165, 1.54) is 17.4 Å². The average molecular weight is 341 g/mol. The second-order valence-electron chi connectivity index (χ2n) is 8.26. The minimum atomic E-state index is -0.301. The summed E-state index contributed by atoms with van der Waals surface area (Å²) in [6, 6.07) is 8.11. The van der Waals surface area contributed by atoms with Crippen LogP contribution in [0.1, 0.15) is 58.6 Å². The predicted molar refractivity (Wildman–Crippen MR) is 103 cm³/mol. The molecule has 3 heteroatoms. The first-order chi connectivity index (χ1) is 11.9. The molecule has 0 spiro atoms. The zero-order valence-corrected chi connectivity index (χ0v) is 16.2. The molecule has 1 aliphatic carbocycles. The Morgan fingerprint density at radius 2 is 1.96 bits per heavy atom. The summed E-state index contributed by atoms with van der Waals surface area (Å²) in [7, 11) is 0. The maximum Gasteiger partial charge on any atom is 0.329 e. The Hall–Kier alpha value is -1.77. The fourth-order valence-electron chi connectivity index (χ4n) is 4.23. The van der Waals surface area contributed by atoms with Crippen molar-refractivity contribution in [3.8, 4) is 0 Å². The number of aromatic nitrogens is 1. The highest BCUT2D eigenvalue weighted by molar-refractivity contribution is 5.84. The van der Waals surface area contributed by atoms with Crippen molar-refractivity contribution in [1.29, 1.82) is 0 Å². The number of nitrogens with zero attached hydrogens (tertiary/aromatic N) is 1. The topological polar surface area (TPSA) is 31.2 Å². The molecule has 2 aromatic rings. The number of ether oxygens (including phenoxy) is 1. The molecule has 1 aromatic carbocycles. The number of hydrogen-bond acceptors (Lipinski definition) is 2. The third-order valence-corrected chi connectivity index (χ3v) is 5.86. The van der Waals surface area contributed by atoms with Crippen LogP contribution < -0.4 is 0 Å². The van der Waals surface area contributed by atoms with Crippen molar-refractivity contribution in [1.82, 2.24) is 4.57 Å². The molecule has 0 N–H and O–H groups in total. The van der Waals surface area contributed by atoms with Gasteiger partial charge in [0.15, 0.2) is 0 Å². The van der Waals surface area contributed by atoms with Crippen molar-refractivity contribution in [2.24, 2.45) is 17.8 Å². The van der Waals surface area contributed by atoms with Crippen LogP contribution in [0.2, 0.25) is 0 Å². The first-order valence-corrected chi connectivity index (χ1v) is 9.64. The van der Waals surface area contributed by atoms with Gasteiger partial charge in [0.25, 0.3) is 0 Å². The second kappa shape index (κ2) is 7.23. The molecule has 1 fully saturated rings. The van der Waals surface area contributed by atoms with Crippen molar-refractivity contribution in [2.75, 3.05) is 0 Å². The average Bonchev–Trinajstić information content (AvgIpc) is 2.96. The van der Waals surface area contributed by atoms with Crippen LogP contribution in [-0.2, 0) is 9.53 Å². The molecule has 1 heterocycles. The Balaban J connectivity index is 1.77. The first kappa shape index (κ1) is 18.0. The molecular weight excluding hydrogens is 310 g/mol. The third-order valence-electron chi connectivity index (χ3n) is 5.86. The zero-order chi connectivity index (χ0) is 18.1. The summed E-state index contributed by atoms with van der Waals surface area (Å²) >= 11 is 0. The molecule has 4 unspecified atom stereocenters. The van der Waals surface area contributed by atoms with Crippen molar-refractivity contribution >= 4 is 16.9 Å². The molecule has 1 aliphatic rings. The van der Waals surface area contributed by atoms with Gasteiger partial charge in [-0.2, -0.15) is 0 Å². The Kier molecular flexibility index (Phi) is 5.21. The summed E-state index contributed by atoms with van der Waals surface area (Å²) in [5.41, 5.74) is 2.32. The molecule has 1 saturated carbocycles. The molecule has 4 atom stereocenters. The first-order valence-electron chi connectivity index (χ1n) is 9.64.